The van der Waals surface area contributed by atoms with Gasteiger partial charge in [0, 0.05) is 11.8 Å². The minimum absolute atomic E-state index is 0.0701. The summed E-state index contributed by atoms with van der Waals surface area (Å²) in [5.41, 5.74) is 7.78. The van der Waals surface area contributed by atoms with Crippen LogP contribution in [0.4, 0.5) is 5.69 Å². The molecular formula is C13H22N2O2S2. The van der Waals surface area contributed by atoms with Crippen LogP contribution in [0.2, 0.25) is 0 Å². The molecule has 0 aliphatic rings. The van der Waals surface area contributed by atoms with Crippen molar-refractivity contribution in [3.63, 3.8) is 0 Å². The van der Waals surface area contributed by atoms with Crippen LogP contribution < -0.4 is 10.5 Å². The number of hydrogen-bond acceptors (Lipinski definition) is 4. The first kappa shape index (κ1) is 16.3. The number of nitrogens with two attached hydrogens (primary N) is 1. The first-order chi connectivity index (χ1) is 8.83. The van der Waals surface area contributed by atoms with E-state index in [1.54, 1.807) is 24.8 Å². The van der Waals surface area contributed by atoms with Crippen molar-refractivity contribution >= 4 is 27.5 Å². The summed E-state index contributed by atoms with van der Waals surface area (Å²) in [5.74, 6) is 0.750. The molecule has 0 aromatic heterocycles. The maximum Gasteiger partial charge on any atom is 0.243 e. The summed E-state index contributed by atoms with van der Waals surface area (Å²) >= 11 is 1.62. The highest BCUT2D eigenvalue weighted by Gasteiger charge is 2.23. The number of sulfonamides is 1. The smallest absolute Gasteiger partial charge is 0.243 e. The van der Waals surface area contributed by atoms with Crippen LogP contribution in [0.5, 0.6) is 0 Å². The van der Waals surface area contributed by atoms with Gasteiger partial charge in [-0.25, -0.2) is 13.1 Å². The third-order valence-electron chi connectivity index (χ3n) is 3.16. The highest BCUT2D eigenvalue weighted by Crippen LogP contribution is 2.25. The monoisotopic (exact) mass is 302 g/mol. The molecule has 108 valence electrons. The van der Waals surface area contributed by atoms with E-state index in [1.165, 1.54) is 0 Å². The minimum atomic E-state index is -3.57. The van der Waals surface area contributed by atoms with Crippen molar-refractivity contribution in [3.05, 3.63) is 23.3 Å². The van der Waals surface area contributed by atoms with Crippen molar-refractivity contribution in [1.29, 1.82) is 0 Å². The van der Waals surface area contributed by atoms with E-state index < -0.39 is 10.0 Å². The highest BCUT2D eigenvalue weighted by atomic mass is 32.2. The zero-order valence-corrected chi connectivity index (χ0v) is 13.5. The van der Waals surface area contributed by atoms with Crippen molar-refractivity contribution < 1.29 is 8.42 Å². The van der Waals surface area contributed by atoms with E-state index in [0.29, 0.717) is 11.3 Å². The molecule has 0 spiro atoms. The largest absolute Gasteiger partial charge is 0.398 e. The highest BCUT2D eigenvalue weighted by molar-refractivity contribution is 7.98. The van der Waals surface area contributed by atoms with Crippen LogP contribution in [0, 0.1) is 13.8 Å². The van der Waals surface area contributed by atoms with Gasteiger partial charge in [-0.1, -0.05) is 13.0 Å². The molecule has 4 nitrogen and oxygen atoms in total. The Hall–Kier alpha value is -0.720. The minimum Gasteiger partial charge on any atom is -0.398 e. The van der Waals surface area contributed by atoms with Crippen molar-refractivity contribution in [3.8, 4) is 0 Å². The Morgan fingerprint density at radius 2 is 2.00 bits per heavy atom. The van der Waals surface area contributed by atoms with Crippen molar-refractivity contribution in [1.82, 2.24) is 4.72 Å². The maximum absolute atomic E-state index is 12.5. The Kier molecular flexibility index (Phi) is 5.70. The summed E-state index contributed by atoms with van der Waals surface area (Å²) < 4.78 is 27.7. The molecule has 19 heavy (non-hydrogen) atoms. The van der Waals surface area contributed by atoms with Crippen molar-refractivity contribution in [2.45, 2.75) is 38.1 Å². The molecule has 1 aromatic rings. The SMILES string of the molecule is CCC(CSC)NS(=O)(=O)c1c(N)ccc(C)c1C. The van der Waals surface area contributed by atoms with Gasteiger partial charge in [-0.2, -0.15) is 11.8 Å². The van der Waals surface area contributed by atoms with E-state index in [4.69, 9.17) is 5.73 Å². The second kappa shape index (κ2) is 6.63. The topological polar surface area (TPSA) is 72.2 Å². The summed E-state index contributed by atoms with van der Waals surface area (Å²) in [7, 11) is -3.57. The van der Waals surface area contributed by atoms with E-state index in [1.807, 2.05) is 26.2 Å². The second-order valence-corrected chi connectivity index (χ2v) is 7.17. The van der Waals surface area contributed by atoms with Gasteiger partial charge in [-0.15, -0.1) is 0 Å². The molecule has 0 fully saturated rings. The number of aryl methyl sites for hydroxylation is 1. The van der Waals surface area contributed by atoms with Crippen LogP contribution >= 0.6 is 11.8 Å². The molecule has 1 atom stereocenters. The molecule has 1 unspecified atom stereocenters. The van der Waals surface area contributed by atoms with E-state index in [9.17, 15) is 8.42 Å². The molecule has 0 radical (unpaired) electrons. The summed E-state index contributed by atoms with van der Waals surface area (Å²) in [6.45, 7) is 5.64. The summed E-state index contributed by atoms with van der Waals surface area (Å²) in [6.07, 6.45) is 2.72. The van der Waals surface area contributed by atoms with Crippen LogP contribution in [0.15, 0.2) is 17.0 Å². The van der Waals surface area contributed by atoms with Crippen molar-refractivity contribution in [2.75, 3.05) is 17.7 Å². The lowest BCUT2D eigenvalue weighted by Gasteiger charge is -2.18. The van der Waals surface area contributed by atoms with E-state index in [0.717, 1.165) is 17.7 Å². The van der Waals surface area contributed by atoms with Gasteiger partial charge in [0.2, 0.25) is 10.0 Å². The molecule has 0 bridgehead atoms. The molecule has 0 saturated carbocycles. The molecule has 0 saturated heterocycles. The molecule has 1 aromatic carbocycles. The van der Waals surface area contributed by atoms with Crippen LogP contribution in [0.1, 0.15) is 24.5 Å². The molecule has 0 amide bonds. The van der Waals surface area contributed by atoms with Gasteiger partial charge < -0.3 is 5.73 Å². The fraction of sp³-hybridized carbons (Fsp3) is 0.538. The van der Waals surface area contributed by atoms with Crippen LogP contribution in [0.3, 0.4) is 0 Å². The van der Waals surface area contributed by atoms with E-state index >= 15 is 0 Å². The number of rotatable bonds is 6. The molecule has 1 rings (SSSR count). The Labute approximate surface area is 120 Å². The van der Waals surface area contributed by atoms with Gasteiger partial charge in [-0.05, 0) is 43.7 Å². The summed E-state index contributed by atoms with van der Waals surface area (Å²) in [6, 6.07) is 3.41. The predicted octanol–water partition coefficient (Wildman–Crippen LogP) is 2.31. The molecule has 0 aliphatic heterocycles. The standard InChI is InChI=1S/C13H22N2O2S2/c1-5-11(8-18-4)15-19(16,17)13-10(3)9(2)6-7-12(13)14/h6-7,11,15H,5,8,14H2,1-4H3. The van der Waals surface area contributed by atoms with E-state index in [-0.39, 0.29) is 10.9 Å². The second-order valence-electron chi connectivity index (χ2n) is 4.61. The van der Waals surface area contributed by atoms with Gasteiger partial charge in [0.25, 0.3) is 0 Å². The third-order valence-corrected chi connectivity index (χ3v) is 5.62. The molecule has 0 heterocycles. The Bertz CT molecular complexity index is 542. The average molecular weight is 302 g/mol. The molecule has 0 aliphatic carbocycles. The lowest BCUT2D eigenvalue weighted by atomic mass is 10.1. The Morgan fingerprint density at radius 1 is 1.37 bits per heavy atom. The molecule has 3 N–H and O–H groups in total. The van der Waals surface area contributed by atoms with Crippen molar-refractivity contribution in [2.24, 2.45) is 0 Å². The number of thioether (sulfide) groups is 1. The quantitative estimate of drug-likeness (QED) is 0.791. The number of nitrogen functional groups attached to an aromatic ring is 1. The lowest BCUT2D eigenvalue weighted by molar-refractivity contribution is 0.558. The molecular weight excluding hydrogens is 280 g/mol. The third kappa shape index (κ3) is 3.87. The summed E-state index contributed by atoms with van der Waals surface area (Å²) in [4.78, 5) is 0.215. The fourth-order valence-electron chi connectivity index (χ4n) is 1.88. The fourth-order valence-corrected chi connectivity index (χ4v) is 4.46. The first-order valence-corrected chi connectivity index (χ1v) is 9.08. The average Bonchev–Trinajstić information content (AvgIpc) is 2.33. The lowest BCUT2D eigenvalue weighted by Crippen LogP contribution is -2.36. The van der Waals surface area contributed by atoms with Gasteiger partial charge in [0.15, 0.2) is 0 Å². The predicted molar refractivity (Wildman–Crippen MR) is 83.1 cm³/mol. The van der Waals surface area contributed by atoms with Gasteiger partial charge >= 0.3 is 0 Å². The number of benzene rings is 1. The maximum atomic E-state index is 12.5. The van der Waals surface area contributed by atoms with Crippen LogP contribution in [0.25, 0.3) is 0 Å². The Morgan fingerprint density at radius 3 is 2.53 bits per heavy atom. The zero-order valence-electron chi connectivity index (χ0n) is 11.9. The zero-order chi connectivity index (χ0) is 14.6. The van der Waals surface area contributed by atoms with Crippen LogP contribution in [-0.2, 0) is 10.0 Å². The normalized spacial score (nSPS) is 13.5. The number of nitrogens with one attached hydrogen (secondary N) is 1. The van der Waals surface area contributed by atoms with E-state index in [2.05, 4.69) is 4.72 Å². The molecule has 6 heteroatoms. The van der Waals surface area contributed by atoms with Gasteiger partial charge in [0.1, 0.15) is 4.90 Å². The van der Waals surface area contributed by atoms with Gasteiger partial charge in [0.05, 0.1) is 5.69 Å². The Balaban J connectivity index is 3.17. The first-order valence-electron chi connectivity index (χ1n) is 6.20. The summed E-state index contributed by atoms with van der Waals surface area (Å²) in [5, 5.41) is 0. The van der Waals surface area contributed by atoms with Gasteiger partial charge in [-0.3, -0.25) is 0 Å². The number of hydrogen-bond donors (Lipinski definition) is 2. The van der Waals surface area contributed by atoms with Crippen LogP contribution in [-0.4, -0.2) is 26.5 Å². The number of anilines is 1.